The van der Waals surface area contributed by atoms with Crippen molar-refractivity contribution in [3.63, 3.8) is 0 Å². The van der Waals surface area contributed by atoms with E-state index in [4.69, 9.17) is 0 Å². The van der Waals surface area contributed by atoms with Gasteiger partial charge < -0.3 is 0 Å². The van der Waals surface area contributed by atoms with Gasteiger partial charge in [-0.2, -0.15) is 0 Å². The Morgan fingerprint density at radius 1 is 1.20 bits per heavy atom. The molecule has 2 aliphatic rings. The van der Waals surface area contributed by atoms with E-state index in [1.165, 1.54) is 18.4 Å². The second-order valence-corrected chi connectivity index (χ2v) is 6.29. The lowest BCUT2D eigenvalue weighted by atomic mass is 9.52. The summed E-state index contributed by atoms with van der Waals surface area (Å²) in [5.41, 5.74) is 1.70. The SMILES string of the molecule is CC1=CC2C(C)(CCC(=O)C2(C)C)CC1. The number of hydrogen-bond acceptors (Lipinski definition) is 1. The molecule has 0 aromatic carbocycles. The lowest BCUT2D eigenvalue weighted by Crippen LogP contribution is -2.48. The molecule has 1 heteroatoms. The maximum absolute atomic E-state index is 12.0. The van der Waals surface area contributed by atoms with Crippen LogP contribution in [-0.4, -0.2) is 5.78 Å². The Labute approximate surface area is 92.9 Å². The highest BCUT2D eigenvalue weighted by molar-refractivity contribution is 5.85. The predicted octanol–water partition coefficient (Wildman–Crippen LogP) is 3.74. The van der Waals surface area contributed by atoms with Gasteiger partial charge in [-0.15, -0.1) is 0 Å². The zero-order chi connectivity index (χ0) is 11.3. The van der Waals surface area contributed by atoms with Gasteiger partial charge in [0.1, 0.15) is 5.78 Å². The summed E-state index contributed by atoms with van der Waals surface area (Å²) >= 11 is 0. The number of fused-ring (bicyclic) bond motifs is 1. The van der Waals surface area contributed by atoms with E-state index in [2.05, 4.69) is 33.8 Å². The van der Waals surface area contributed by atoms with Crippen molar-refractivity contribution in [3.05, 3.63) is 11.6 Å². The molecule has 0 aromatic heterocycles. The fourth-order valence-corrected chi connectivity index (χ4v) is 3.46. The van der Waals surface area contributed by atoms with Crippen molar-refractivity contribution in [3.8, 4) is 0 Å². The molecule has 0 heterocycles. The highest BCUT2D eigenvalue weighted by atomic mass is 16.1. The Kier molecular flexibility index (Phi) is 2.33. The zero-order valence-electron chi connectivity index (χ0n) is 10.4. The standard InChI is InChI=1S/C14H22O/c1-10-5-7-14(4)8-6-12(15)13(2,3)11(14)9-10/h9,11H,5-8H2,1-4H3. The van der Waals surface area contributed by atoms with Crippen LogP contribution < -0.4 is 0 Å². The minimum absolute atomic E-state index is 0.144. The number of rotatable bonds is 0. The molecule has 0 amide bonds. The van der Waals surface area contributed by atoms with Crippen molar-refractivity contribution in [1.82, 2.24) is 0 Å². The highest BCUT2D eigenvalue weighted by Gasteiger charge is 2.50. The molecule has 1 nitrogen and oxygen atoms in total. The average Bonchev–Trinajstić information content (AvgIpc) is 2.16. The van der Waals surface area contributed by atoms with Crippen LogP contribution in [-0.2, 0) is 4.79 Å². The van der Waals surface area contributed by atoms with Crippen molar-refractivity contribution < 1.29 is 4.79 Å². The van der Waals surface area contributed by atoms with E-state index < -0.39 is 0 Å². The Bertz CT molecular complexity index is 324. The largest absolute Gasteiger partial charge is 0.299 e. The molecule has 1 saturated carbocycles. The number of ketones is 1. The first-order valence-electron chi connectivity index (χ1n) is 6.07. The molecule has 0 N–H and O–H groups in total. The van der Waals surface area contributed by atoms with E-state index >= 15 is 0 Å². The molecule has 2 aliphatic carbocycles. The smallest absolute Gasteiger partial charge is 0.139 e. The van der Waals surface area contributed by atoms with Crippen LogP contribution in [0.5, 0.6) is 0 Å². The molecule has 2 rings (SSSR count). The molecule has 0 aromatic rings. The summed E-state index contributed by atoms with van der Waals surface area (Å²) in [6.07, 6.45) is 6.73. The minimum atomic E-state index is -0.144. The van der Waals surface area contributed by atoms with Crippen molar-refractivity contribution >= 4 is 5.78 Å². The number of allylic oxidation sites excluding steroid dienone is 2. The molecule has 0 aliphatic heterocycles. The van der Waals surface area contributed by atoms with E-state index in [9.17, 15) is 4.79 Å². The molecule has 2 atom stereocenters. The van der Waals surface area contributed by atoms with Gasteiger partial charge in [-0.05, 0) is 37.5 Å². The molecule has 0 radical (unpaired) electrons. The van der Waals surface area contributed by atoms with Crippen LogP contribution in [0.3, 0.4) is 0 Å². The van der Waals surface area contributed by atoms with Crippen molar-refractivity contribution in [2.24, 2.45) is 16.7 Å². The summed E-state index contributed by atoms with van der Waals surface area (Å²) in [5, 5.41) is 0. The van der Waals surface area contributed by atoms with Gasteiger partial charge in [-0.3, -0.25) is 4.79 Å². The molecule has 15 heavy (non-hydrogen) atoms. The topological polar surface area (TPSA) is 17.1 Å². The number of carbonyl (C=O) groups is 1. The first kappa shape index (κ1) is 10.9. The molecule has 1 fully saturated rings. The first-order chi connectivity index (χ1) is 6.86. The lowest BCUT2D eigenvalue weighted by Gasteiger charge is -2.51. The molecule has 2 unspecified atom stereocenters. The molecular weight excluding hydrogens is 184 g/mol. The minimum Gasteiger partial charge on any atom is -0.299 e. The van der Waals surface area contributed by atoms with Crippen LogP contribution in [0.1, 0.15) is 53.4 Å². The fourth-order valence-electron chi connectivity index (χ4n) is 3.46. The predicted molar refractivity (Wildman–Crippen MR) is 62.6 cm³/mol. The summed E-state index contributed by atoms with van der Waals surface area (Å²) in [6, 6.07) is 0. The summed E-state index contributed by atoms with van der Waals surface area (Å²) < 4.78 is 0. The quantitative estimate of drug-likeness (QED) is 0.552. The van der Waals surface area contributed by atoms with Crippen LogP contribution in [0.4, 0.5) is 0 Å². The summed E-state index contributed by atoms with van der Waals surface area (Å²) in [6.45, 7) is 8.84. The van der Waals surface area contributed by atoms with E-state index in [1.54, 1.807) is 0 Å². The van der Waals surface area contributed by atoms with Gasteiger partial charge in [-0.1, -0.05) is 32.4 Å². The van der Waals surface area contributed by atoms with Crippen molar-refractivity contribution in [2.75, 3.05) is 0 Å². The molecule has 0 bridgehead atoms. The number of Topliss-reactive ketones (excluding diaryl/α,β-unsaturated/α-hetero) is 1. The van der Waals surface area contributed by atoms with Crippen molar-refractivity contribution in [1.29, 1.82) is 0 Å². The highest BCUT2D eigenvalue weighted by Crippen LogP contribution is 2.54. The monoisotopic (exact) mass is 206 g/mol. The Morgan fingerprint density at radius 3 is 2.47 bits per heavy atom. The van der Waals surface area contributed by atoms with Gasteiger partial charge in [0.25, 0.3) is 0 Å². The van der Waals surface area contributed by atoms with E-state index in [0.717, 1.165) is 12.8 Å². The zero-order valence-corrected chi connectivity index (χ0v) is 10.4. The maximum Gasteiger partial charge on any atom is 0.139 e. The normalized spacial score (nSPS) is 39.6. The first-order valence-corrected chi connectivity index (χ1v) is 6.07. The number of carbonyl (C=O) groups excluding carboxylic acids is 1. The second kappa shape index (κ2) is 3.20. The Hall–Kier alpha value is -0.590. The Morgan fingerprint density at radius 2 is 1.80 bits per heavy atom. The fraction of sp³-hybridized carbons (Fsp3) is 0.786. The van der Waals surface area contributed by atoms with Gasteiger partial charge in [0.15, 0.2) is 0 Å². The lowest BCUT2D eigenvalue weighted by molar-refractivity contribution is -0.137. The molecule has 0 spiro atoms. The van der Waals surface area contributed by atoms with Gasteiger partial charge in [0.2, 0.25) is 0 Å². The van der Waals surface area contributed by atoms with Gasteiger partial charge in [-0.25, -0.2) is 0 Å². The molecular formula is C14H22O. The van der Waals surface area contributed by atoms with E-state index in [1.807, 2.05) is 0 Å². The van der Waals surface area contributed by atoms with Gasteiger partial charge >= 0.3 is 0 Å². The van der Waals surface area contributed by atoms with E-state index in [-0.39, 0.29) is 5.41 Å². The van der Waals surface area contributed by atoms with Crippen LogP contribution >= 0.6 is 0 Å². The molecule has 0 saturated heterocycles. The average molecular weight is 206 g/mol. The number of hydrogen-bond donors (Lipinski definition) is 0. The van der Waals surface area contributed by atoms with E-state index in [0.29, 0.717) is 17.1 Å². The summed E-state index contributed by atoms with van der Waals surface area (Å²) in [7, 11) is 0. The summed E-state index contributed by atoms with van der Waals surface area (Å²) in [4.78, 5) is 12.0. The van der Waals surface area contributed by atoms with Crippen LogP contribution in [0.25, 0.3) is 0 Å². The molecule has 84 valence electrons. The van der Waals surface area contributed by atoms with Crippen LogP contribution in [0.15, 0.2) is 11.6 Å². The second-order valence-electron chi connectivity index (χ2n) is 6.29. The third kappa shape index (κ3) is 1.56. The van der Waals surface area contributed by atoms with Gasteiger partial charge in [0, 0.05) is 11.8 Å². The Balaban J connectivity index is 2.42. The third-order valence-electron chi connectivity index (χ3n) is 4.71. The van der Waals surface area contributed by atoms with Gasteiger partial charge in [0.05, 0.1) is 0 Å². The maximum atomic E-state index is 12.0. The van der Waals surface area contributed by atoms with Crippen LogP contribution in [0, 0.1) is 16.7 Å². The van der Waals surface area contributed by atoms with Crippen molar-refractivity contribution in [2.45, 2.75) is 53.4 Å². The van der Waals surface area contributed by atoms with Crippen LogP contribution in [0.2, 0.25) is 0 Å². The third-order valence-corrected chi connectivity index (χ3v) is 4.71. The summed E-state index contributed by atoms with van der Waals surface area (Å²) in [5.74, 6) is 0.913.